The van der Waals surface area contributed by atoms with Crippen LogP contribution in [0.2, 0.25) is 0 Å². The molecule has 0 fully saturated rings. The van der Waals surface area contributed by atoms with Crippen molar-refractivity contribution >= 4 is 29.0 Å². The number of amides is 1. The van der Waals surface area contributed by atoms with Crippen LogP contribution in [0, 0.1) is 12.7 Å². The van der Waals surface area contributed by atoms with E-state index in [1.807, 2.05) is 37.3 Å². The molecule has 0 atom stereocenters. The van der Waals surface area contributed by atoms with Crippen molar-refractivity contribution in [2.45, 2.75) is 24.8 Å². The summed E-state index contributed by atoms with van der Waals surface area (Å²) in [5.41, 5.74) is 1.32. The molecule has 0 radical (unpaired) electrons. The van der Waals surface area contributed by atoms with Crippen LogP contribution in [0.3, 0.4) is 0 Å². The highest BCUT2D eigenvalue weighted by molar-refractivity contribution is 7.99. The number of benzene rings is 2. The van der Waals surface area contributed by atoms with Gasteiger partial charge in [0.1, 0.15) is 10.8 Å². The molecule has 0 aliphatic carbocycles. The minimum Gasteiger partial charge on any atom is -0.351 e. The molecule has 0 bridgehead atoms. The highest BCUT2D eigenvalue weighted by Crippen LogP contribution is 2.29. The molecule has 1 N–H and O–H groups in total. The zero-order valence-corrected chi connectivity index (χ0v) is 16.0. The average molecular weight is 387 g/mol. The molecule has 0 saturated heterocycles. The number of carbonyl (C=O) groups excluding carboxylic acids is 1. The molecule has 0 unspecified atom stereocenters. The second-order valence-corrected chi connectivity index (χ2v) is 7.95. The smallest absolute Gasteiger partial charge is 0.221 e. The lowest BCUT2D eigenvalue weighted by Gasteiger charge is -2.04. The van der Waals surface area contributed by atoms with Crippen molar-refractivity contribution in [3.63, 3.8) is 0 Å². The van der Waals surface area contributed by atoms with Gasteiger partial charge in [-0.15, -0.1) is 23.1 Å². The maximum Gasteiger partial charge on any atom is 0.221 e. The first kappa shape index (κ1) is 18.6. The third-order valence-electron chi connectivity index (χ3n) is 3.78. The maximum absolute atomic E-state index is 13.9. The number of thiazole rings is 1. The summed E-state index contributed by atoms with van der Waals surface area (Å²) in [6, 6.07) is 16.6. The van der Waals surface area contributed by atoms with Gasteiger partial charge in [-0.3, -0.25) is 4.79 Å². The molecule has 0 aliphatic rings. The van der Waals surface area contributed by atoms with E-state index in [9.17, 15) is 9.18 Å². The lowest BCUT2D eigenvalue weighted by Crippen LogP contribution is -2.22. The van der Waals surface area contributed by atoms with Gasteiger partial charge in [0.15, 0.2) is 0 Å². The van der Waals surface area contributed by atoms with Gasteiger partial charge in [0.2, 0.25) is 5.91 Å². The Bertz CT molecular complexity index is 881. The number of halogens is 1. The predicted molar refractivity (Wildman–Crippen MR) is 106 cm³/mol. The summed E-state index contributed by atoms with van der Waals surface area (Å²) in [4.78, 5) is 18.6. The van der Waals surface area contributed by atoms with E-state index in [0.29, 0.717) is 23.5 Å². The van der Waals surface area contributed by atoms with Crippen LogP contribution < -0.4 is 5.32 Å². The van der Waals surface area contributed by atoms with Crippen molar-refractivity contribution in [2.24, 2.45) is 0 Å². The molecule has 0 saturated carbocycles. The Labute approximate surface area is 160 Å². The number of hydrogen-bond donors (Lipinski definition) is 1. The monoisotopic (exact) mass is 386 g/mol. The van der Waals surface area contributed by atoms with Crippen LogP contribution in [-0.2, 0) is 11.3 Å². The maximum atomic E-state index is 13.9. The molecule has 0 spiro atoms. The molecule has 3 aromatic rings. The highest BCUT2D eigenvalue weighted by Gasteiger charge is 2.13. The van der Waals surface area contributed by atoms with Gasteiger partial charge in [-0.05, 0) is 31.2 Å². The van der Waals surface area contributed by atoms with Crippen LogP contribution >= 0.6 is 23.1 Å². The van der Waals surface area contributed by atoms with Crippen molar-refractivity contribution in [1.82, 2.24) is 10.3 Å². The van der Waals surface area contributed by atoms with Crippen LogP contribution in [0.1, 0.15) is 17.0 Å². The Morgan fingerprint density at radius 2 is 1.88 bits per heavy atom. The molecular formula is C20H19FN2OS2. The Morgan fingerprint density at radius 1 is 1.15 bits per heavy atom. The van der Waals surface area contributed by atoms with Crippen molar-refractivity contribution in [3.05, 3.63) is 71.0 Å². The molecule has 26 heavy (non-hydrogen) atoms. The van der Waals surface area contributed by atoms with E-state index >= 15 is 0 Å². The molecule has 134 valence electrons. The van der Waals surface area contributed by atoms with Gasteiger partial charge in [0, 0.05) is 27.5 Å². The number of aromatic nitrogens is 1. The number of nitrogens with zero attached hydrogens (tertiary/aromatic N) is 1. The lowest BCUT2D eigenvalue weighted by atomic mass is 10.2. The second kappa shape index (κ2) is 8.96. The number of thioether (sulfide) groups is 1. The van der Waals surface area contributed by atoms with Crippen molar-refractivity contribution in [3.8, 4) is 10.6 Å². The summed E-state index contributed by atoms with van der Waals surface area (Å²) in [5.74, 6) is 0.460. The minimum absolute atomic E-state index is 0.00803. The van der Waals surface area contributed by atoms with E-state index in [1.54, 1.807) is 30.0 Å². The topological polar surface area (TPSA) is 42.0 Å². The Morgan fingerprint density at radius 3 is 2.65 bits per heavy atom. The number of carbonyl (C=O) groups is 1. The SMILES string of the molecule is Cc1nc(-c2ccccc2F)sc1CNC(=O)CCSc1ccccc1. The number of nitrogens with one attached hydrogen (secondary N) is 1. The number of aryl methyl sites for hydroxylation is 1. The molecule has 6 heteroatoms. The van der Waals surface area contributed by atoms with Gasteiger partial charge in [0.05, 0.1) is 12.2 Å². The standard InChI is InChI=1S/C20H19FN2OS2/c1-14-18(26-20(23-14)16-9-5-6-10-17(16)21)13-22-19(24)11-12-25-15-7-3-2-4-8-15/h2-10H,11-13H2,1H3,(H,22,24). The first-order chi connectivity index (χ1) is 12.6. The van der Waals surface area contributed by atoms with Gasteiger partial charge >= 0.3 is 0 Å². The third-order valence-corrected chi connectivity index (χ3v) is 5.99. The summed E-state index contributed by atoms with van der Waals surface area (Å²) in [6.45, 7) is 2.31. The van der Waals surface area contributed by atoms with Gasteiger partial charge in [0.25, 0.3) is 0 Å². The summed E-state index contributed by atoms with van der Waals surface area (Å²) < 4.78 is 13.9. The summed E-state index contributed by atoms with van der Waals surface area (Å²) >= 11 is 3.08. The molecule has 2 aromatic carbocycles. The van der Waals surface area contributed by atoms with Crippen molar-refractivity contribution in [2.75, 3.05) is 5.75 Å². The molecule has 1 aromatic heterocycles. The van der Waals surface area contributed by atoms with Gasteiger partial charge < -0.3 is 5.32 Å². The zero-order valence-electron chi connectivity index (χ0n) is 14.4. The van der Waals surface area contributed by atoms with E-state index in [2.05, 4.69) is 10.3 Å². The van der Waals surface area contributed by atoms with E-state index in [-0.39, 0.29) is 11.7 Å². The first-order valence-electron chi connectivity index (χ1n) is 8.29. The Balaban J connectivity index is 1.51. The fourth-order valence-electron chi connectivity index (χ4n) is 2.39. The van der Waals surface area contributed by atoms with Crippen molar-refractivity contribution in [1.29, 1.82) is 0 Å². The Kier molecular flexibility index (Phi) is 6.41. The highest BCUT2D eigenvalue weighted by atomic mass is 32.2. The quantitative estimate of drug-likeness (QED) is 0.577. The first-order valence-corrected chi connectivity index (χ1v) is 10.1. The predicted octanol–water partition coefficient (Wildman–Crippen LogP) is 5.06. The zero-order chi connectivity index (χ0) is 18.4. The fourth-order valence-corrected chi connectivity index (χ4v) is 4.29. The summed E-state index contributed by atoms with van der Waals surface area (Å²) in [7, 11) is 0. The van der Waals surface area contributed by atoms with Gasteiger partial charge in [-0.1, -0.05) is 30.3 Å². The van der Waals surface area contributed by atoms with Gasteiger partial charge in [-0.25, -0.2) is 9.37 Å². The van der Waals surface area contributed by atoms with Crippen LogP contribution in [0.5, 0.6) is 0 Å². The molecular weight excluding hydrogens is 367 g/mol. The van der Waals surface area contributed by atoms with Crippen LogP contribution in [0.15, 0.2) is 59.5 Å². The molecule has 1 amide bonds. The largest absolute Gasteiger partial charge is 0.351 e. The summed E-state index contributed by atoms with van der Waals surface area (Å²) in [6.07, 6.45) is 0.456. The van der Waals surface area contributed by atoms with Crippen LogP contribution in [-0.4, -0.2) is 16.6 Å². The second-order valence-electron chi connectivity index (χ2n) is 5.70. The Hall–Kier alpha value is -2.18. The van der Waals surface area contributed by atoms with Crippen LogP contribution in [0.25, 0.3) is 10.6 Å². The van der Waals surface area contributed by atoms with Gasteiger partial charge in [-0.2, -0.15) is 0 Å². The number of hydrogen-bond acceptors (Lipinski definition) is 4. The van der Waals surface area contributed by atoms with Crippen molar-refractivity contribution < 1.29 is 9.18 Å². The third kappa shape index (κ3) is 4.93. The summed E-state index contributed by atoms with van der Waals surface area (Å²) in [5, 5.41) is 3.57. The molecule has 1 heterocycles. The lowest BCUT2D eigenvalue weighted by molar-refractivity contribution is -0.120. The van der Waals surface area contributed by atoms with E-state index < -0.39 is 0 Å². The van der Waals surface area contributed by atoms with E-state index in [4.69, 9.17) is 0 Å². The normalized spacial score (nSPS) is 10.7. The average Bonchev–Trinajstić information content (AvgIpc) is 3.02. The van der Waals surface area contributed by atoms with Crippen LogP contribution in [0.4, 0.5) is 4.39 Å². The fraction of sp³-hybridized carbons (Fsp3) is 0.200. The molecule has 3 rings (SSSR count). The molecule has 0 aliphatic heterocycles. The van der Waals surface area contributed by atoms with E-state index in [1.165, 1.54) is 17.4 Å². The minimum atomic E-state index is -0.283. The molecule has 3 nitrogen and oxygen atoms in total. The van der Waals surface area contributed by atoms with E-state index in [0.717, 1.165) is 21.2 Å². The number of rotatable bonds is 7.